The van der Waals surface area contributed by atoms with Crippen molar-refractivity contribution in [3.05, 3.63) is 28.8 Å². The Morgan fingerprint density at radius 2 is 2.05 bits per heavy atom. The summed E-state index contributed by atoms with van der Waals surface area (Å²) in [5, 5.41) is 3.59. The maximum Gasteiger partial charge on any atom is 0.182 e. The summed E-state index contributed by atoms with van der Waals surface area (Å²) >= 11 is 6.21. The Bertz CT molecular complexity index is 590. The van der Waals surface area contributed by atoms with Crippen LogP contribution in [0.3, 0.4) is 0 Å². The fraction of sp³-hybridized carbons (Fsp3) is 0.600. The second-order valence-corrected chi connectivity index (χ2v) is 8.53. The first-order chi connectivity index (χ1) is 9.57. The molecule has 2 aliphatic rings. The number of rotatable bonds is 4. The average molecular weight is 314 g/mol. The summed E-state index contributed by atoms with van der Waals surface area (Å²) in [5.74, 6) is 0.630. The van der Waals surface area contributed by atoms with Crippen LogP contribution in [0.15, 0.2) is 23.1 Å². The van der Waals surface area contributed by atoms with E-state index in [-0.39, 0.29) is 5.25 Å². The van der Waals surface area contributed by atoms with Crippen molar-refractivity contribution in [3.63, 3.8) is 0 Å². The summed E-state index contributed by atoms with van der Waals surface area (Å²) < 4.78 is 24.4. The van der Waals surface area contributed by atoms with E-state index in [1.165, 1.54) is 12.8 Å². The monoisotopic (exact) mass is 313 g/mol. The van der Waals surface area contributed by atoms with Crippen molar-refractivity contribution in [1.82, 2.24) is 5.32 Å². The van der Waals surface area contributed by atoms with E-state index in [1.807, 2.05) is 12.1 Å². The van der Waals surface area contributed by atoms with Crippen molar-refractivity contribution >= 4 is 21.4 Å². The Morgan fingerprint density at radius 1 is 1.25 bits per heavy atom. The van der Waals surface area contributed by atoms with E-state index in [1.54, 1.807) is 6.07 Å². The number of sulfone groups is 1. The topological polar surface area (TPSA) is 46.2 Å². The zero-order chi connectivity index (χ0) is 14.2. The molecule has 1 aliphatic carbocycles. The summed E-state index contributed by atoms with van der Waals surface area (Å²) in [4.78, 5) is 0.312. The molecule has 0 radical (unpaired) electrons. The molecule has 1 aliphatic heterocycles. The van der Waals surface area contributed by atoms with E-state index >= 15 is 0 Å². The molecule has 1 aromatic rings. The predicted molar refractivity (Wildman–Crippen MR) is 81.0 cm³/mol. The van der Waals surface area contributed by atoms with Crippen molar-refractivity contribution in [3.8, 4) is 0 Å². The normalized spacial score (nSPS) is 23.8. The first-order valence-electron chi connectivity index (χ1n) is 7.30. The van der Waals surface area contributed by atoms with Gasteiger partial charge in [-0.2, -0.15) is 0 Å². The zero-order valence-corrected chi connectivity index (χ0v) is 13.0. The molecule has 1 aromatic carbocycles. The van der Waals surface area contributed by atoms with Crippen LogP contribution in [0.2, 0.25) is 5.02 Å². The molecule has 1 N–H and O–H groups in total. The Morgan fingerprint density at radius 3 is 2.65 bits per heavy atom. The predicted octanol–water partition coefficient (Wildman–Crippen LogP) is 2.82. The molecule has 20 heavy (non-hydrogen) atoms. The van der Waals surface area contributed by atoms with Gasteiger partial charge >= 0.3 is 0 Å². The van der Waals surface area contributed by atoms with E-state index in [4.69, 9.17) is 11.6 Å². The number of hydrogen-bond donors (Lipinski definition) is 1. The molecule has 1 heterocycles. The van der Waals surface area contributed by atoms with Crippen molar-refractivity contribution in [2.45, 2.75) is 42.2 Å². The second-order valence-electron chi connectivity index (χ2n) is 5.93. The zero-order valence-electron chi connectivity index (χ0n) is 11.4. The molecule has 1 saturated carbocycles. The Hall–Kier alpha value is -0.580. The lowest BCUT2D eigenvalue weighted by Crippen LogP contribution is -2.30. The van der Waals surface area contributed by atoms with Crippen LogP contribution in [0.1, 0.15) is 31.2 Å². The van der Waals surface area contributed by atoms with Gasteiger partial charge < -0.3 is 5.32 Å². The van der Waals surface area contributed by atoms with Crippen LogP contribution < -0.4 is 5.32 Å². The maximum absolute atomic E-state index is 12.2. The van der Waals surface area contributed by atoms with Crippen LogP contribution in [0.4, 0.5) is 0 Å². The molecule has 3 nitrogen and oxygen atoms in total. The molecule has 0 aromatic heterocycles. The summed E-state index contributed by atoms with van der Waals surface area (Å²) in [6, 6.07) is 5.46. The molecule has 0 bridgehead atoms. The van der Waals surface area contributed by atoms with Crippen LogP contribution in [-0.4, -0.2) is 26.8 Å². The summed E-state index contributed by atoms with van der Waals surface area (Å²) in [6.45, 7) is 2.15. The third-order valence-corrected chi connectivity index (χ3v) is 6.93. The van der Waals surface area contributed by atoms with Crippen LogP contribution >= 0.6 is 11.6 Å². The van der Waals surface area contributed by atoms with Gasteiger partial charge in [-0.3, -0.25) is 0 Å². The molecule has 5 heteroatoms. The van der Waals surface area contributed by atoms with E-state index in [9.17, 15) is 8.42 Å². The standard InChI is InChI=1S/C15H20ClNO2S/c16-14-9-11(8-12-2-1-7-17-10-12)3-6-15(14)20(18,19)13-4-5-13/h3,6,9,12-13,17H,1-2,4-5,7-8,10H2. The highest BCUT2D eigenvalue weighted by molar-refractivity contribution is 7.92. The van der Waals surface area contributed by atoms with Gasteiger partial charge in [0, 0.05) is 0 Å². The van der Waals surface area contributed by atoms with E-state index in [0.717, 1.165) is 37.9 Å². The van der Waals surface area contributed by atoms with Gasteiger partial charge in [-0.25, -0.2) is 8.42 Å². The number of hydrogen-bond acceptors (Lipinski definition) is 3. The third kappa shape index (κ3) is 3.02. The number of piperidine rings is 1. The van der Waals surface area contributed by atoms with Crippen LogP contribution in [0, 0.1) is 5.92 Å². The average Bonchev–Trinajstić information content (AvgIpc) is 3.24. The summed E-state index contributed by atoms with van der Waals surface area (Å²) in [5.41, 5.74) is 1.14. The highest BCUT2D eigenvalue weighted by Gasteiger charge is 2.38. The maximum atomic E-state index is 12.2. The lowest BCUT2D eigenvalue weighted by atomic mass is 9.92. The molecule has 3 rings (SSSR count). The van der Waals surface area contributed by atoms with Gasteiger partial charge in [0.2, 0.25) is 0 Å². The van der Waals surface area contributed by atoms with Gasteiger partial charge in [0.15, 0.2) is 9.84 Å². The third-order valence-electron chi connectivity index (χ3n) is 4.19. The van der Waals surface area contributed by atoms with Crippen molar-refractivity contribution < 1.29 is 8.42 Å². The van der Waals surface area contributed by atoms with Crippen LogP contribution in [0.5, 0.6) is 0 Å². The second kappa shape index (κ2) is 5.66. The highest BCUT2D eigenvalue weighted by atomic mass is 35.5. The van der Waals surface area contributed by atoms with Gasteiger partial charge in [0.25, 0.3) is 0 Å². The van der Waals surface area contributed by atoms with Crippen LogP contribution in [-0.2, 0) is 16.3 Å². The number of nitrogens with one attached hydrogen (secondary N) is 1. The first-order valence-corrected chi connectivity index (χ1v) is 9.23. The van der Waals surface area contributed by atoms with Gasteiger partial charge in [-0.05, 0) is 68.8 Å². The summed E-state index contributed by atoms with van der Waals surface area (Å²) in [6.07, 6.45) is 4.96. The lowest BCUT2D eigenvalue weighted by molar-refractivity contribution is 0.376. The Balaban J connectivity index is 1.77. The molecule has 1 saturated heterocycles. The van der Waals surface area contributed by atoms with Gasteiger partial charge in [0.05, 0.1) is 15.2 Å². The van der Waals surface area contributed by atoms with Crippen molar-refractivity contribution in [2.75, 3.05) is 13.1 Å². The SMILES string of the molecule is O=S(=O)(c1ccc(CC2CCCNC2)cc1Cl)C1CC1. The molecule has 1 atom stereocenters. The molecule has 0 amide bonds. The minimum atomic E-state index is -3.19. The molecular weight excluding hydrogens is 294 g/mol. The van der Waals surface area contributed by atoms with Gasteiger partial charge in [-0.1, -0.05) is 17.7 Å². The lowest BCUT2D eigenvalue weighted by Gasteiger charge is -2.22. The minimum Gasteiger partial charge on any atom is -0.316 e. The molecule has 110 valence electrons. The Labute approximate surface area is 125 Å². The van der Waals surface area contributed by atoms with Gasteiger partial charge in [-0.15, -0.1) is 0 Å². The fourth-order valence-electron chi connectivity index (χ4n) is 2.89. The number of benzene rings is 1. The smallest absolute Gasteiger partial charge is 0.182 e. The Kier molecular flexibility index (Phi) is 4.07. The largest absolute Gasteiger partial charge is 0.316 e. The van der Waals surface area contributed by atoms with Crippen molar-refractivity contribution in [1.29, 1.82) is 0 Å². The molecule has 2 fully saturated rings. The highest BCUT2D eigenvalue weighted by Crippen LogP contribution is 2.36. The fourth-order valence-corrected chi connectivity index (χ4v) is 5.12. The molecule has 0 spiro atoms. The van der Waals surface area contributed by atoms with E-state index in [2.05, 4.69) is 5.32 Å². The molecule has 1 unspecified atom stereocenters. The van der Waals surface area contributed by atoms with Crippen LogP contribution in [0.25, 0.3) is 0 Å². The molecular formula is C15H20ClNO2S. The number of halogens is 1. The van der Waals surface area contributed by atoms with Gasteiger partial charge in [0.1, 0.15) is 0 Å². The first kappa shape index (κ1) is 14.4. The van der Waals surface area contributed by atoms with E-state index in [0.29, 0.717) is 15.8 Å². The summed E-state index contributed by atoms with van der Waals surface area (Å²) in [7, 11) is -3.19. The quantitative estimate of drug-likeness (QED) is 0.929. The minimum absolute atomic E-state index is 0.201. The van der Waals surface area contributed by atoms with Crippen molar-refractivity contribution in [2.24, 2.45) is 5.92 Å². The van der Waals surface area contributed by atoms with E-state index < -0.39 is 9.84 Å².